The molecule has 1 fully saturated rings. The molecule has 0 N–H and O–H groups in total. The van der Waals surface area contributed by atoms with E-state index in [1.54, 1.807) is 7.11 Å². The third-order valence-corrected chi connectivity index (χ3v) is 3.92. The summed E-state index contributed by atoms with van der Waals surface area (Å²) in [6.45, 7) is 4.19. The molecule has 0 aromatic heterocycles. The molecule has 0 aromatic rings. The monoisotopic (exact) mass is 239 g/mol. The van der Waals surface area contributed by atoms with Gasteiger partial charge in [-0.05, 0) is 25.2 Å². The van der Waals surface area contributed by atoms with Crippen LogP contribution >= 0.6 is 0 Å². The highest BCUT2D eigenvalue weighted by Gasteiger charge is 2.35. The van der Waals surface area contributed by atoms with Crippen molar-refractivity contribution in [2.45, 2.75) is 45.4 Å². The molecule has 2 unspecified atom stereocenters. The lowest BCUT2D eigenvalue weighted by atomic mass is 9.68. The second-order valence-corrected chi connectivity index (χ2v) is 5.12. The van der Waals surface area contributed by atoms with Crippen LogP contribution in [0.25, 0.3) is 0 Å². The quantitative estimate of drug-likeness (QED) is 0.641. The predicted molar refractivity (Wildman–Crippen MR) is 67.6 cm³/mol. The Hall–Kier alpha value is -0.590. The van der Waals surface area contributed by atoms with Crippen molar-refractivity contribution in [3.8, 4) is 6.07 Å². The van der Waals surface area contributed by atoms with E-state index in [-0.39, 0.29) is 5.41 Å². The summed E-state index contributed by atoms with van der Waals surface area (Å²) in [5, 5.41) is 9.43. The number of nitrogens with zero attached hydrogens (tertiary/aromatic N) is 1. The fraction of sp³-hybridized carbons (Fsp3) is 0.929. The zero-order valence-corrected chi connectivity index (χ0v) is 11.2. The van der Waals surface area contributed by atoms with Crippen molar-refractivity contribution in [2.75, 3.05) is 26.9 Å². The standard InChI is InChI=1S/C14H25NO2/c1-3-13-5-4-6-14(11-13,12-15)7-8-17-10-9-16-2/h13H,3-11H2,1-2H3. The van der Waals surface area contributed by atoms with Gasteiger partial charge in [-0.15, -0.1) is 0 Å². The maximum Gasteiger partial charge on any atom is 0.0700 e. The van der Waals surface area contributed by atoms with Crippen molar-refractivity contribution in [1.29, 1.82) is 5.26 Å². The molecule has 0 aliphatic heterocycles. The van der Waals surface area contributed by atoms with Gasteiger partial charge < -0.3 is 9.47 Å². The van der Waals surface area contributed by atoms with Gasteiger partial charge in [-0.2, -0.15) is 5.26 Å². The van der Waals surface area contributed by atoms with Crippen LogP contribution in [0, 0.1) is 22.7 Å². The van der Waals surface area contributed by atoms with E-state index in [2.05, 4.69) is 13.0 Å². The van der Waals surface area contributed by atoms with Crippen LogP contribution in [-0.4, -0.2) is 26.9 Å². The molecular formula is C14H25NO2. The summed E-state index contributed by atoms with van der Waals surface area (Å²) in [5.41, 5.74) is -0.119. The molecule has 0 aromatic carbocycles. The first kappa shape index (κ1) is 14.5. The molecule has 1 aliphatic rings. The molecule has 0 radical (unpaired) electrons. The van der Waals surface area contributed by atoms with Gasteiger partial charge in [0.25, 0.3) is 0 Å². The molecule has 2 atom stereocenters. The lowest BCUT2D eigenvalue weighted by Crippen LogP contribution is -2.28. The van der Waals surface area contributed by atoms with Gasteiger partial charge in [-0.1, -0.05) is 26.2 Å². The van der Waals surface area contributed by atoms with E-state index < -0.39 is 0 Å². The molecule has 1 rings (SSSR count). The van der Waals surface area contributed by atoms with Crippen molar-refractivity contribution in [1.82, 2.24) is 0 Å². The third-order valence-electron chi connectivity index (χ3n) is 3.92. The number of hydrogen-bond donors (Lipinski definition) is 0. The van der Waals surface area contributed by atoms with Crippen molar-refractivity contribution in [3.63, 3.8) is 0 Å². The minimum absolute atomic E-state index is 0.119. The van der Waals surface area contributed by atoms with Crippen LogP contribution < -0.4 is 0 Å². The van der Waals surface area contributed by atoms with Gasteiger partial charge in [0, 0.05) is 13.7 Å². The van der Waals surface area contributed by atoms with E-state index in [1.807, 2.05) is 0 Å². The molecule has 17 heavy (non-hydrogen) atoms. The Bertz CT molecular complexity index is 249. The molecule has 1 aliphatic carbocycles. The van der Waals surface area contributed by atoms with Gasteiger partial charge in [0.2, 0.25) is 0 Å². The highest BCUT2D eigenvalue weighted by molar-refractivity contribution is 5.01. The van der Waals surface area contributed by atoms with Gasteiger partial charge in [0.05, 0.1) is 24.7 Å². The SMILES string of the molecule is CCC1CCCC(C#N)(CCOCCOC)C1. The van der Waals surface area contributed by atoms with E-state index in [0.29, 0.717) is 19.8 Å². The third kappa shape index (κ3) is 4.65. The van der Waals surface area contributed by atoms with E-state index in [4.69, 9.17) is 9.47 Å². The summed E-state index contributed by atoms with van der Waals surface area (Å²) in [6, 6.07) is 2.56. The maximum atomic E-state index is 9.43. The Kier molecular flexibility index (Phi) is 6.54. The Morgan fingerprint density at radius 2 is 2.18 bits per heavy atom. The average Bonchev–Trinajstić information content (AvgIpc) is 2.39. The van der Waals surface area contributed by atoms with Crippen molar-refractivity contribution < 1.29 is 9.47 Å². The predicted octanol–water partition coefficient (Wildman–Crippen LogP) is 3.15. The minimum atomic E-state index is -0.119. The first-order valence-electron chi connectivity index (χ1n) is 6.74. The molecule has 1 saturated carbocycles. The van der Waals surface area contributed by atoms with Gasteiger partial charge in [0.15, 0.2) is 0 Å². The summed E-state index contributed by atoms with van der Waals surface area (Å²) < 4.78 is 10.4. The van der Waals surface area contributed by atoms with E-state index in [9.17, 15) is 5.26 Å². The lowest BCUT2D eigenvalue weighted by molar-refractivity contribution is 0.0485. The van der Waals surface area contributed by atoms with Crippen LogP contribution in [0.4, 0.5) is 0 Å². The van der Waals surface area contributed by atoms with Gasteiger partial charge in [-0.3, -0.25) is 0 Å². The van der Waals surface area contributed by atoms with Gasteiger partial charge >= 0.3 is 0 Å². The fourth-order valence-corrected chi connectivity index (χ4v) is 2.73. The first-order chi connectivity index (χ1) is 8.26. The molecule has 0 saturated heterocycles. The van der Waals surface area contributed by atoms with E-state index >= 15 is 0 Å². The molecule has 0 bridgehead atoms. The summed E-state index contributed by atoms with van der Waals surface area (Å²) in [4.78, 5) is 0. The smallest absolute Gasteiger partial charge is 0.0700 e. The molecule has 3 nitrogen and oxygen atoms in total. The van der Waals surface area contributed by atoms with Gasteiger partial charge in [-0.25, -0.2) is 0 Å². The van der Waals surface area contributed by atoms with Crippen LogP contribution in [0.1, 0.15) is 45.4 Å². The van der Waals surface area contributed by atoms with Crippen LogP contribution in [0.15, 0.2) is 0 Å². The Morgan fingerprint density at radius 1 is 1.35 bits per heavy atom. The second kappa shape index (κ2) is 7.68. The Labute approximate surface area is 105 Å². The fourth-order valence-electron chi connectivity index (χ4n) is 2.73. The van der Waals surface area contributed by atoms with E-state index in [1.165, 1.54) is 19.3 Å². The molecule has 0 heterocycles. The molecule has 3 heteroatoms. The average molecular weight is 239 g/mol. The second-order valence-electron chi connectivity index (χ2n) is 5.12. The maximum absolute atomic E-state index is 9.43. The van der Waals surface area contributed by atoms with E-state index in [0.717, 1.165) is 25.2 Å². The van der Waals surface area contributed by atoms with Gasteiger partial charge in [0.1, 0.15) is 0 Å². The Morgan fingerprint density at radius 3 is 2.82 bits per heavy atom. The van der Waals surface area contributed by atoms with Crippen LogP contribution in [-0.2, 0) is 9.47 Å². The van der Waals surface area contributed by atoms with Crippen molar-refractivity contribution in [3.05, 3.63) is 0 Å². The summed E-state index contributed by atoms with van der Waals surface area (Å²) in [6.07, 6.45) is 6.69. The lowest BCUT2D eigenvalue weighted by Gasteiger charge is -2.35. The Balaban J connectivity index is 2.33. The highest BCUT2D eigenvalue weighted by atomic mass is 16.5. The molecule has 0 spiro atoms. The normalized spacial score (nSPS) is 28.9. The zero-order valence-electron chi connectivity index (χ0n) is 11.2. The van der Waals surface area contributed by atoms with Crippen molar-refractivity contribution in [2.24, 2.45) is 11.3 Å². The zero-order chi connectivity index (χ0) is 12.6. The number of hydrogen-bond acceptors (Lipinski definition) is 3. The summed E-state index contributed by atoms with van der Waals surface area (Å²) in [7, 11) is 1.67. The van der Waals surface area contributed by atoms with Crippen LogP contribution in [0.2, 0.25) is 0 Å². The number of nitriles is 1. The number of rotatable bonds is 7. The number of methoxy groups -OCH3 is 1. The largest absolute Gasteiger partial charge is 0.382 e. The number of ether oxygens (including phenoxy) is 2. The van der Waals surface area contributed by atoms with Crippen LogP contribution in [0.5, 0.6) is 0 Å². The minimum Gasteiger partial charge on any atom is -0.382 e. The summed E-state index contributed by atoms with van der Waals surface area (Å²) in [5.74, 6) is 0.738. The highest BCUT2D eigenvalue weighted by Crippen LogP contribution is 2.42. The summed E-state index contributed by atoms with van der Waals surface area (Å²) >= 11 is 0. The molecule has 98 valence electrons. The molecular weight excluding hydrogens is 214 g/mol. The van der Waals surface area contributed by atoms with Crippen LogP contribution in [0.3, 0.4) is 0 Å². The van der Waals surface area contributed by atoms with Crippen molar-refractivity contribution >= 4 is 0 Å². The molecule has 0 amide bonds. The topological polar surface area (TPSA) is 42.2 Å². The first-order valence-corrected chi connectivity index (χ1v) is 6.74.